The molecule has 0 fully saturated rings. The summed E-state index contributed by atoms with van der Waals surface area (Å²) in [5.41, 5.74) is 3.53. The Labute approximate surface area is 138 Å². The van der Waals surface area contributed by atoms with Gasteiger partial charge in [-0.2, -0.15) is 0 Å². The Morgan fingerprint density at radius 2 is 1.86 bits per heavy atom. The van der Waals surface area contributed by atoms with Crippen LogP contribution in [0, 0.1) is 0 Å². The van der Waals surface area contributed by atoms with Crippen molar-refractivity contribution in [3.05, 3.63) is 51.5 Å². The van der Waals surface area contributed by atoms with Crippen molar-refractivity contribution < 1.29 is 14.6 Å². The summed E-state index contributed by atoms with van der Waals surface area (Å²) in [6.45, 7) is 0.894. The maximum atomic E-state index is 9.68. The molecule has 2 N–H and O–H groups in total. The summed E-state index contributed by atoms with van der Waals surface area (Å²) < 4.78 is 11.5. The molecule has 0 amide bonds. The average Bonchev–Trinajstić information content (AvgIpc) is 2.55. The van der Waals surface area contributed by atoms with Crippen molar-refractivity contribution in [1.29, 1.82) is 0 Å². The van der Waals surface area contributed by atoms with Gasteiger partial charge in [0.2, 0.25) is 0 Å². The van der Waals surface area contributed by atoms with E-state index >= 15 is 0 Å². The minimum absolute atomic E-state index is 0.0699. The van der Waals surface area contributed by atoms with Crippen molar-refractivity contribution in [3.8, 4) is 17.2 Å². The molecule has 1 aliphatic heterocycles. The predicted molar refractivity (Wildman–Crippen MR) is 88.9 cm³/mol. The molecule has 0 bridgehead atoms. The van der Waals surface area contributed by atoms with Crippen molar-refractivity contribution in [2.75, 3.05) is 20.8 Å². The number of rotatable bonds is 3. The Hall–Kier alpha value is -1.72. The zero-order chi connectivity index (χ0) is 15.7. The maximum absolute atomic E-state index is 9.68. The zero-order valence-corrected chi connectivity index (χ0v) is 14.1. The molecule has 4 nitrogen and oxygen atoms in total. The van der Waals surface area contributed by atoms with Gasteiger partial charge in [-0.25, -0.2) is 0 Å². The first kappa shape index (κ1) is 15.2. The number of hydrogen-bond donors (Lipinski definition) is 2. The summed E-state index contributed by atoms with van der Waals surface area (Å²) in [4.78, 5) is 0. The first-order chi connectivity index (χ1) is 10.6. The highest BCUT2D eigenvalue weighted by atomic mass is 79.9. The Kier molecular flexibility index (Phi) is 4.27. The van der Waals surface area contributed by atoms with Gasteiger partial charge in [-0.05, 0) is 63.3 Å². The third-order valence-electron chi connectivity index (χ3n) is 4.00. The van der Waals surface area contributed by atoms with Gasteiger partial charge in [0.15, 0.2) is 11.5 Å². The van der Waals surface area contributed by atoms with Crippen molar-refractivity contribution in [2.45, 2.75) is 12.5 Å². The van der Waals surface area contributed by atoms with E-state index in [-0.39, 0.29) is 11.8 Å². The van der Waals surface area contributed by atoms with E-state index in [1.54, 1.807) is 20.3 Å². The number of halogens is 1. The Morgan fingerprint density at radius 3 is 2.55 bits per heavy atom. The smallest absolute Gasteiger partial charge is 0.161 e. The standard InChI is InChI=1S/C17H18BrNO3/c1-21-15-8-10-5-6-19-17(12(10)9-16(15)22-2)11-3-4-14(20)13(18)7-11/h3-4,7-9,17,19-20H,5-6H2,1-2H3. The van der Waals surface area contributed by atoms with Gasteiger partial charge in [-0.1, -0.05) is 6.07 Å². The van der Waals surface area contributed by atoms with Crippen LogP contribution in [-0.2, 0) is 6.42 Å². The lowest BCUT2D eigenvalue weighted by Gasteiger charge is -2.28. The number of ether oxygens (including phenoxy) is 2. The number of phenolic OH excluding ortho intramolecular Hbond substituents is 1. The highest BCUT2D eigenvalue weighted by Gasteiger charge is 2.24. The van der Waals surface area contributed by atoms with Crippen LogP contribution >= 0.6 is 15.9 Å². The van der Waals surface area contributed by atoms with Crippen LogP contribution in [0.5, 0.6) is 17.2 Å². The third kappa shape index (κ3) is 2.66. The molecule has 1 aliphatic rings. The average molecular weight is 364 g/mol. The Bertz CT molecular complexity index is 703. The van der Waals surface area contributed by atoms with E-state index in [1.807, 2.05) is 18.2 Å². The molecule has 2 aromatic carbocycles. The van der Waals surface area contributed by atoms with E-state index in [9.17, 15) is 5.11 Å². The van der Waals surface area contributed by atoms with Crippen LogP contribution < -0.4 is 14.8 Å². The molecule has 0 saturated heterocycles. The lowest BCUT2D eigenvalue weighted by molar-refractivity contribution is 0.353. The highest BCUT2D eigenvalue weighted by molar-refractivity contribution is 9.10. The van der Waals surface area contributed by atoms with Gasteiger partial charge in [0.1, 0.15) is 5.75 Å². The van der Waals surface area contributed by atoms with E-state index in [0.717, 1.165) is 30.0 Å². The second-order valence-electron chi connectivity index (χ2n) is 5.25. The number of benzene rings is 2. The Balaban J connectivity index is 2.08. The molecule has 0 spiro atoms. The van der Waals surface area contributed by atoms with E-state index in [0.29, 0.717) is 4.47 Å². The molecular weight excluding hydrogens is 346 g/mol. The van der Waals surface area contributed by atoms with Gasteiger partial charge >= 0.3 is 0 Å². The van der Waals surface area contributed by atoms with Gasteiger partial charge in [-0.3, -0.25) is 0 Å². The monoisotopic (exact) mass is 363 g/mol. The molecule has 22 heavy (non-hydrogen) atoms. The van der Waals surface area contributed by atoms with Gasteiger partial charge in [0.25, 0.3) is 0 Å². The lowest BCUT2D eigenvalue weighted by atomic mass is 9.89. The van der Waals surface area contributed by atoms with Crippen molar-refractivity contribution >= 4 is 15.9 Å². The first-order valence-corrected chi connectivity index (χ1v) is 7.90. The number of nitrogens with one attached hydrogen (secondary N) is 1. The number of methoxy groups -OCH3 is 2. The van der Waals surface area contributed by atoms with Crippen LogP contribution in [0.3, 0.4) is 0 Å². The number of phenols is 1. The van der Waals surface area contributed by atoms with Gasteiger partial charge in [0, 0.05) is 6.54 Å². The minimum Gasteiger partial charge on any atom is -0.507 e. The lowest BCUT2D eigenvalue weighted by Crippen LogP contribution is -2.30. The van der Waals surface area contributed by atoms with Crippen LogP contribution in [0.1, 0.15) is 22.7 Å². The van der Waals surface area contributed by atoms with Gasteiger partial charge < -0.3 is 19.9 Å². The number of hydrogen-bond acceptors (Lipinski definition) is 4. The van der Waals surface area contributed by atoms with Crippen molar-refractivity contribution in [2.24, 2.45) is 0 Å². The fourth-order valence-corrected chi connectivity index (χ4v) is 3.28. The first-order valence-electron chi connectivity index (χ1n) is 7.10. The summed E-state index contributed by atoms with van der Waals surface area (Å²) in [5.74, 6) is 1.73. The molecule has 1 atom stereocenters. The fraction of sp³-hybridized carbons (Fsp3) is 0.294. The summed E-state index contributed by atoms with van der Waals surface area (Å²) in [6, 6.07) is 9.74. The molecule has 0 saturated carbocycles. The molecule has 5 heteroatoms. The minimum atomic E-state index is 0.0699. The maximum Gasteiger partial charge on any atom is 0.161 e. The summed E-state index contributed by atoms with van der Waals surface area (Å²) in [5, 5.41) is 13.2. The van der Waals surface area contributed by atoms with E-state index in [4.69, 9.17) is 9.47 Å². The summed E-state index contributed by atoms with van der Waals surface area (Å²) in [7, 11) is 3.30. The van der Waals surface area contributed by atoms with Crippen LogP contribution in [-0.4, -0.2) is 25.9 Å². The second-order valence-corrected chi connectivity index (χ2v) is 6.11. The number of aromatic hydroxyl groups is 1. The van der Waals surface area contributed by atoms with Crippen LogP contribution in [0.25, 0.3) is 0 Å². The molecular formula is C17H18BrNO3. The summed E-state index contributed by atoms with van der Waals surface area (Å²) >= 11 is 3.38. The van der Waals surface area contributed by atoms with E-state index in [2.05, 4.69) is 27.3 Å². The number of fused-ring (bicyclic) bond motifs is 1. The third-order valence-corrected chi connectivity index (χ3v) is 4.64. The normalized spacial score (nSPS) is 17.0. The molecule has 3 rings (SSSR count). The van der Waals surface area contributed by atoms with Crippen LogP contribution in [0.4, 0.5) is 0 Å². The van der Waals surface area contributed by atoms with Crippen molar-refractivity contribution in [3.63, 3.8) is 0 Å². The van der Waals surface area contributed by atoms with E-state index in [1.165, 1.54) is 11.1 Å². The van der Waals surface area contributed by atoms with Gasteiger partial charge in [-0.15, -0.1) is 0 Å². The van der Waals surface area contributed by atoms with E-state index < -0.39 is 0 Å². The quantitative estimate of drug-likeness (QED) is 0.877. The molecule has 1 heterocycles. The molecule has 1 unspecified atom stereocenters. The SMILES string of the molecule is COc1cc2c(cc1OC)C(c1ccc(O)c(Br)c1)NCC2. The predicted octanol–water partition coefficient (Wildman–Crippen LogP) is 3.41. The highest BCUT2D eigenvalue weighted by Crippen LogP contribution is 2.38. The van der Waals surface area contributed by atoms with Crippen molar-refractivity contribution in [1.82, 2.24) is 5.32 Å². The topological polar surface area (TPSA) is 50.7 Å². The second kappa shape index (κ2) is 6.18. The zero-order valence-electron chi connectivity index (χ0n) is 12.5. The fourth-order valence-electron chi connectivity index (χ4n) is 2.88. The molecule has 116 valence electrons. The van der Waals surface area contributed by atoms with Gasteiger partial charge in [0.05, 0.1) is 24.7 Å². The van der Waals surface area contributed by atoms with Crippen LogP contribution in [0.2, 0.25) is 0 Å². The van der Waals surface area contributed by atoms with Crippen LogP contribution in [0.15, 0.2) is 34.8 Å². The Morgan fingerprint density at radius 1 is 1.14 bits per heavy atom. The molecule has 0 aromatic heterocycles. The molecule has 0 aliphatic carbocycles. The summed E-state index contributed by atoms with van der Waals surface area (Å²) in [6.07, 6.45) is 0.950. The molecule has 0 radical (unpaired) electrons. The largest absolute Gasteiger partial charge is 0.507 e. The molecule has 2 aromatic rings.